The zero-order chi connectivity index (χ0) is 27.4. The number of hydrogen-bond acceptors (Lipinski definition) is 3. The third kappa shape index (κ3) is 4.30. The smallest absolute Gasteiger partial charge is 0.416 e. The number of nitrogens with one attached hydrogen (secondary N) is 1. The first kappa shape index (κ1) is 25.6. The summed E-state index contributed by atoms with van der Waals surface area (Å²) < 4.78 is 45.2. The third-order valence-corrected chi connectivity index (χ3v) is 8.59. The molecule has 0 spiro atoms. The van der Waals surface area contributed by atoms with E-state index >= 15 is 0 Å². The number of alkyl halides is 3. The Morgan fingerprint density at radius 3 is 2.08 bits per heavy atom. The van der Waals surface area contributed by atoms with E-state index in [0.29, 0.717) is 28.3 Å². The van der Waals surface area contributed by atoms with E-state index in [4.69, 9.17) is 4.74 Å². The van der Waals surface area contributed by atoms with Gasteiger partial charge in [0.05, 0.1) is 11.1 Å². The molecule has 2 fully saturated rings. The van der Waals surface area contributed by atoms with Crippen molar-refractivity contribution in [3.05, 3.63) is 95.6 Å². The summed E-state index contributed by atoms with van der Waals surface area (Å²) in [4.78, 5) is 12.0. The maximum atomic E-state index is 13.0. The Kier molecular flexibility index (Phi) is 6.24. The summed E-state index contributed by atoms with van der Waals surface area (Å²) in [6, 6.07) is 22.1. The van der Waals surface area contributed by atoms with Crippen LogP contribution in [-0.2, 0) is 16.5 Å². The van der Waals surface area contributed by atoms with Crippen molar-refractivity contribution in [1.82, 2.24) is 5.32 Å². The normalized spacial score (nSPS) is 22.8. The summed E-state index contributed by atoms with van der Waals surface area (Å²) >= 11 is 0. The lowest BCUT2D eigenvalue weighted by molar-refractivity contribution is -0.137. The van der Waals surface area contributed by atoms with Crippen molar-refractivity contribution in [2.45, 2.75) is 24.6 Å². The van der Waals surface area contributed by atoms with Gasteiger partial charge in [0, 0.05) is 32.0 Å². The van der Waals surface area contributed by atoms with Gasteiger partial charge >= 0.3 is 12.1 Å². The lowest BCUT2D eigenvalue weighted by atomic mass is 9.75. The lowest BCUT2D eigenvalue weighted by Crippen LogP contribution is -2.51. The topological polar surface area (TPSA) is 58.6 Å². The van der Waals surface area contributed by atoms with Crippen LogP contribution >= 0.6 is 0 Å². The van der Waals surface area contributed by atoms with Gasteiger partial charge < -0.3 is 15.2 Å². The van der Waals surface area contributed by atoms with Crippen LogP contribution in [0.4, 0.5) is 13.2 Å². The Balaban J connectivity index is 1.41. The zero-order valence-electron chi connectivity index (χ0n) is 21.4. The van der Waals surface area contributed by atoms with Crippen LogP contribution in [0.2, 0.25) is 0 Å². The molecule has 6 rings (SSSR count). The van der Waals surface area contributed by atoms with Crippen LogP contribution in [0.1, 0.15) is 34.3 Å². The second-order valence-electron chi connectivity index (χ2n) is 10.5. The summed E-state index contributed by atoms with van der Waals surface area (Å²) in [5.41, 5.74) is 3.28. The average molecular weight is 532 g/mol. The molecule has 1 saturated heterocycles. The molecule has 1 aliphatic carbocycles. The number of carboxylic acid groups (broad SMARTS) is 1. The van der Waals surface area contributed by atoms with E-state index < -0.39 is 17.7 Å². The molecular weight excluding hydrogens is 503 g/mol. The highest BCUT2D eigenvalue weighted by Crippen LogP contribution is 2.52. The van der Waals surface area contributed by atoms with Gasteiger partial charge in [-0.1, -0.05) is 48.5 Å². The van der Waals surface area contributed by atoms with Crippen molar-refractivity contribution in [3.63, 3.8) is 0 Å². The summed E-state index contributed by atoms with van der Waals surface area (Å²) in [6.45, 7) is 1.86. The minimum Gasteiger partial charge on any atom is -0.478 e. The molecule has 1 saturated carbocycles. The highest BCUT2D eigenvalue weighted by molar-refractivity contribution is 6.04. The van der Waals surface area contributed by atoms with Crippen molar-refractivity contribution < 1.29 is 27.8 Å². The van der Waals surface area contributed by atoms with E-state index in [1.165, 1.54) is 12.1 Å². The molecule has 1 aliphatic heterocycles. The molecule has 2 aliphatic rings. The fourth-order valence-corrected chi connectivity index (χ4v) is 6.70. The maximum absolute atomic E-state index is 13.0. The van der Waals surface area contributed by atoms with Crippen molar-refractivity contribution >= 4 is 16.7 Å². The van der Waals surface area contributed by atoms with Gasteiger partial charge in [0.15, 0.2) is 0 Å². The average Bonchev–Trinajstić information content (AvgIpc) is 3.11. The molecule has 4 aromatic rings. The van der Waals surface area contributed by atoms with E-state index in [2.05, 4.69) is 17.4 Å². The van der Waals surface area contributed by atoms with E-state index in [1.54, 1.807) is 19.2 Å². The van der Waals surface area contributed by atoms with E-state index in [-0.39, 0.29) is 11.2 Å². The SMILES string of the molecule is COC1(c2ccc(-c3cc(C(=O)O)cc4cc(-c5ccc(C(F)(F)F)cc5)ccc34)cc2)[C@H]2CC[C@H]1CNC2. The number of ether oxygens (including phenoxy) is 1. The second-order valence-corrected chi connectivity index (χ2v) is 10.5. The molecule has 7 heteroatoms. The molecule has 200 valence electrons. The van der Waals surface area contributed by atoms with Crippen molar-refractivity contribution in [3.8, 4) is 22.3 Å². The number of rotatable bonds is 5. The number of carbonyl (C=O) groups is 1. The van der Waals surface area contributed by atoms with E-state index in [9.17, 15) is 23.1 Å². The second kappa shape index (κ2) is 9.50. The van der Waals surface area contributed by atoms with Gasteiger partial charge in [-0.05, 0) is 81.8 Å². The Morgan fingerprint density at radius 2 is 1.49 bits per heavy atom. The molecule has 2 bridgehead atoms. The van der Waals surface area contributed by atoms with Crippen LogP contribution in [0.15, 0.2) is 78.9 Å². The molecule has 4 nitrogen and oxygen atoms in total. The summed E-state index contributed by atoms with van der Waals surface area (Å²) in [5.74, 6) is -0.224. The van der Waals surface area contributed by atoms with Crippen LogP contribution in [-0.4, -0.2) is 31.3 Å². The molecule has 2 N–H and O–H groups in total. The van der Waals surface area contributed by atoms with Gasteiger partial charge in [-0.25, -0.2) is 4.79 Å². The maximum Gasteiger partial charge on any atom is 0.416 e. The zero-order valence-corrected chi connectivity index (χ0v) is 21.4. The quantitative estimate of drug-likeness (QED) is 0.283. The molecule has 0 amide bonds. The van der Waals surface area contributed by atoms with Crippen LogP contribution in [0, 0.1) is 11.8 Å². The highest BCUT2D eigenvalue weighted by atomic mass is 19.4. The molecular formula is C32H28F3NO3. The number of halogens is 3. The van der Waals surface area contributed by atoms with Crippen LogP contribution in [0.25, 0.3) is 33.0 Å². The van der Waals surface area contributed by atoms with Crippen LogP contribution in [0.5, 0.6) is 0 Å². The summed E-state index contributed by atoms with van der Waals surface area (Å²) in [5, 5.41) is 14.9. The predicted molar refractivity (Wildman–Crippen MR) is 145 cm³/mol. The predicted octanol–water partition coefficient (Wildman–Crippen LogP) is 7.36. The molecule has 0 radical (unpaired) electrons. The molecule has 2 atom stereocenters. The Labute approximate surface area is 224 Å². The van der Waals surface area contributed by atoms with Crippen LogP contribution in [0.3, 0.4) is 0 Å². The third-order valence-electron chi connectivity index (χ3n) is 8.59. The van der Waals surface area contributed by atoms with Gasteiger partial charge in [-0.15, -0.1) is 0 Å². The fourth-order valence-electron chi connectivity index (χ4n) is 6.70. The molecule has 1 heterocycles. The number of aromatic carboxylic acids is 1. The monoisotopic (exact) mass is 531 g/mol. The van der Waals surface area contributed by atoms with Crippen molar-refractivity contribution in [2.24, 2.45) is 11.8 Å². The Morgan fingerprint density at radius 1 is 0.872 bits per heavy atom. The number of methoxy groups -OCH3 is 1. The fraction of sp³-hybridized carbons (Fsp3) is 0.281. The minimum absolute atomic E-state index is 0.149. The first-order valence-corrected chi connectivity index (χ1v) is 13.1. The minimum atomic E-state index is -4.40. The van der Waals surface area contributed by atoms with Gasteiger partial charge in [-0.3, -0.25) is 0 Å². The Bertz CT molecular complexity index is 1530. The number of carboxylic acids is 1. The first-order valence-electron chi connectivity index (χ1n) is 13.1. The largest absolute Gasteiger partial charge is 0.478 e. The molecule has 4 aromatic carbocycles. The summed E-state index contributed by atoms with van der Waals surface area (Å²) in [7, 11) is 1.79. The molecule has 39 heavy (non-hydrogen) atoms. The first-order chi connectivity index (χ1) is 18.7. The van der Waals surface area contributed by atoms with Gasteiger partial charge in [-0.2, -0.15) is 13.2 Å². The van der Waals surface area contributed by atoms with Crippen molar-refractivity contribution in [2.75, 3.05) is 20.2 Å². The number of fused-ring (bicyclic) bond motifs is 3. The van der Waals surface area contributed by atoms with Crippen LogP contribution < -0.4 is 5.32 Å². The molecule has 0 unspecified atom stereocenters. The van der Waals surface area contributed by atoms with Gasteiger partial charge in [0.25, 0.3) is 0 Å². The highest BCUT2D eigenvalue weighted by Gasteiger charge is 2.53. The number of benzene rings is 4. The standard InChI is InChI=1S/C32H28F3NO3/c1-39-31(26-11-12-27(31)18-36-17-26)24-7-4-20(5-8-24)29-16-23(30(37)38)15-22-14-21(6-13-28(22)29)19-2-9-25(10-3-19)32(33,34)35/h2-10,13-16,26-27,36H,11-12,17-18H2,1H3,(H,37,38)/t26-,27-/m0/s1. The number of piperidine rings is 1. The Hall–Kier alpha value is -3.68. The molecule has 0 aromatic heterocycles. The number of hydrogen-bond donors (Lipinski definition) is 2. The summed E-state index contributed by atoms with van der Waals surface area (Å²) in [6.07, 6.45) is -2.15. The van der Waals surface area contributed by atoms with E-state index in [0.717, 1.165) is 60.1 Å². The lowest BCUT2D eigenvalue weighted by Gasteiger charge is -2.43. The van der Waals surface area contributed by atoms with Gasteiger partial charge in [0.2, 0.25) is 0 Å². The van der Waals surface area contributed by atoms with Crippen molar-refractivity contribution in [1.29, 1.82) is 0 Å². The van der Waals surface area contributed by atoms with Gasteiger partial charge in [0.1, 0.15) is 5.60 Å². The van der Waals surface area contributed by atoms with E-state index in [1.807, 2.05) is 30.3 Å².